The van der Waals surface area contributed by atoms with E-state index in [2.05, 4.69) is 45.0 Å². The fraction of sp³-hybridized carbons (Fsp3) is 0.462. The minimum atomic E-state index is -0.180. The minimum absolute atomic E-state index is 0.127. The summed E-state index contributed by atoms with van der Waals surface area (Å²) in [6, 6.07) is 8.36. The first-order valence-electron chi connectivity index (χ1n) is 5.61. The maximum absolute atomic E-state index is 11.2. The molecule has 1 aromatic rings. The number of carbonyl (C=O) groups excluding carboxylic acids is 1. The van der Waals surface area contributed by atoms with E-state index in [0.29, 0.717) is 6.54 Å². The molecule has 0 spiro atoms. The number of hydrogen-bond donors (Lipinski definition) is 1. The molecule has 0 bridgehead atoms. The molecule has 0 saturated heterocycles. The Labute approximate surface area is 111 Å². The second-order valence-corrected chi connectivity index (χ2v) is 5.02. The van der Waals surface area contributed by atoms with Crippen LogP contribution in [0, 0.1) is 5.92 Å². The Balaban J connectivity index is 2.47. The molecule has 0 heterocycles. The van der Waals surface area contributed by atoms with Crippen LogP contribution in [0.1, 0.15) is 25.5 Å². The molecule has 94 valence electrons. The molecule has 2 atom stereocenters. The maximum atomic E-state index is 11.2. The van der Waals surface area contributed by atoms with E-state index >= 15 is 0 Å². The van der Waals surface area contributed by atoms with Gasteiger partial charge in [0.15, 0.2) is 0 Å². The van der Waals surface area contributed by atoms with Crippen LogP contribution in [-0.2, 0) is 9.53 Å². The van der Waals surface area contributed by atoms with E-state index in [9.17, 15) is 4.79 Å². The third-order valence-electron chi connectivity index (χ3n) is 2.70. The van der Waals surface area contributed by atoms with Gasteiger partial charge in [0.05, 0.1) is 13.0 Å². The standard InChI is InChI=1S/C13H18BrNO2/c1-9(13(16)17-3)8-15-10(2)11-4-6-12(14)7-5-11/h4-7,9-10,15H,8H2,1-3H3/t9?,10-/m0/s1. The maximum Gasteiger partial charge on any atom is 0.309 e. The lowest BCUT2D eigenvalue weighted by Crippen LogP contribution is -2.29. The first kappa shape index (κ1) is 14.2. The Morgan fingerprint density at radius 1 is 1.35 bits per heavy atom. The molecule has 0 radical (unpaired) electrons. The van der Waals surface area contributed by atoms with Crippen LogP contribution in [0.5, 0.6) is 0 Å². The van der Waals surface area contributed by atoms with Crippen molar-refractivity contribution in [2.24, 2.45) is 5.92 Å². The Kier molecular flexibility index (Phi) is 5.65. The van der Waals surface area contributed by atoms with E-state index in [-0.39, 0.29) is 17.9 Å². The summed E-state index contributed by atoms with van der Waals surface area (Å²) >= 11 is 3.40. The molecule has 1 aromatic carbocycles. The van der Waals surface area contributed by atoms with Crippen molar-refractivity contribution in [3.8, 4) is 0 Å². The zero-order valence-electron chi connectivity index (χ0n) is 10.4. The van der Waals surface area contributed by atoms with E-state index in [0.717, 1.165) is 4.47 Å². The Hall–Kier alpha value is -0.870. The number of benzene rings is 1. The number of hydrogen-bond acceptors (Lipinski definition) is 3. The van der Waals surface area contributed by atoms with Crippen molar-refractivity contribution in [1.29, 1.82) is 0 Å². The van der Waals surface area contributed by atoms with Crippen molar-refractivity contribution < 1.29 is 9.53 Å². The zero-order valence-corrected chi connectivity index (χ0v) is 12.0. The van der Waals surface area contributed by atoms with E-state index < -0.39 is 0 Å². The number of halogens is 1. The minimum Gasteiger partial charge on any atom is -0.469 e. The highest BCUT2D eigenvalue weighted by atomic mass is 79.9. The third-order valence-corrected chi connectivity index (χ3v) is 3.23. The lowest BCUT2D eigenvalue weighted by atomic mass is 10.1. The van der Waals surface area contributed by atoms with Crippen molar-refractivity contribution in [3.05, 3.63) is 34.3 Å². The topological polar surface area (TPSA) is 38.3 Å². The van der Waals surface area contributed by atoms with Gasteiger partial charge in [0.2, 0.25) is 0 Å². The van der Waals surface area contributed by atoms with Crippen LogP contribution in [0.4, 0.5) is 0 Å². The van der Waals surface area contributed by atoms with Gasteiger partial charge >= 0.3 is 5.97 Å². The summed E-state index contributed by atoms with van der Waals surface area (Å²) in [6.45, 7) is 4.55. The van der Waals surface area contributed by atoms with Gasteiger partial charge in [-0.15, -0.1) is 0 Å². The fourth-order valence-electron chi connectivity index (χ4n) is 1.51. The molecule has 0 amide bonds. The van der Waals surface area contributed by atoms with Gasteiger partial charge in [0, 0.05) is 17.1 Å². The van der Waals surface area contributed by atoms with E-state index in [1.54, 1.807) is 0 Å². The molecule has 0 aliphatic heterocycles. The van der Waals surface area contributed by atoms with Gasteiger partial charge in [-0.3, -0.25) is 4.79 Å². The molecule has 0 aliphatic carbocycles. The summed E-state index contributed by atoms with van der Waals surface area (Å²) in [4.78, 5) is 11.2. The van der Waals surface area contributed by atoms with Gasteiger partial charge < -0.3 is 10.1 Å². The van der Waals surface area contributed by atoms with Crippen LogP contribution >= 0.6 is 15.9 Å². The SMILES string of the molecule is COC(=O)C(C)CN[C@@H](C)c1ccc(Br)cc1. The lowest BCUT2D eigenvalue weighted by Gasteiger charge is -2.17. The lowest BCUT2D eigenvalue weighted by molar-refractivity contribution is -0.144. The van der Waals surface area contributed by atoms with Gasteiger partial charge in [-0.2, -0.15) is 0 Å². The third kappa shape index (κ3) is 4.48. The normalized spacial score (nSPS) is 14.1. The Morgan fingerprint density at radius 3 is 2.47 bits per heavy atom. The number of methoxy groups -OCH3 is 1. The van der Waals surface area contributed by atoms with E-state index in [1.807, 2.05) is 19.1 Å². The summed E-state index contributed by atoms with van der Waals surface area (Å²) in [5, 5.41) is 3.32. The molecule has 4 heteroatoms. The molecule has 0 fully saturated rings. The smallest absolute Gasteiger partial charge is 0.309 e. The molecule has 0 saturated carbocycles. The molecular formula is C13H18BrNO2. The molecule has 1 rings (SSSR count). The summed E-state index contributed by atoms with van der Waals surface area (Å²) in [6.07, 6.45) is 0. The molecular weight excluding hydrogens is 282 g/mol. The number of rotatable bonds is 5. The molecule has 17 heavy (non-hydrogen) atoms. The highest BCUT2D eigenvalue weighted by Crippen LogP contribution is 2.16. The van der Waals surface area contributed by atoms with Crippen LogP contribution < -0.4 is 5.32 Å². The number of carbonyl (C=O) groups is 1. The van der Waals surface area contributed by atoms with Gasteiger partial charge in [-0.1, -0.05) is 35.0 Å². The highest BCUT2D eigenvalue weighted by molar-refractivity contribution is 9.10. The quantitative estimate of drug-likeness (QED) is 0.850. The monoisotopic (exact) mass is 299 g/mol. The number of esters is 1. The van der Waals surface area contributed by atoms with Gasteiger partial charge in [-0.05, 0) is 24.6 Å². The van der Waals surface area contributed by atoms with E-state index in [4.69, 9.17) is 0 Å². The van der Waals surface area contributed by atoms with Gasteiger partial charge in [-0.25, -0.2) is 0 Å². The first-order chi connectivity index (χ1) is 8.04. The average Bonchev–Trinajstić information content (AvgIpc) is 2.35. The number of ether oxygens (including phenoxy) is 1. The fourth-order valence-corrected chi connectivity index (χ4v) is 1.77. The van der Waals surface area contributed by atoms with Gasteiger partial charge in [0.25, 0.3) is 0 Å². The predicted molar refractivity (Wildman–Crippen MR) is 71.7 cm³/mol. The van der Waals surface area contributed by atoms with Crippen molar-refractivity contribution in [1.82, 2.24) is 5.32 Å². The van der Waals surface area contributed by atoms with Crippen LogP contribution in [-0.4, -0.2) is 19.6 Å². The van der Waals surface area contributed by atoms with Crippen molar-refractivity contribution in [3.63, 3.8) is 0 Å². The Bertz CT molecular complexity index is 364. The van der Waals surface area contributed by atoms with Crippen molar-refractivity contribution >= 4 is 21.9 Å². The van der Waals surface area contributed by atoms with Crippen molar-refractivity contribution in [2.75, 3.05) is 13.7 Å². The summed E-state index contributed by atoms with van der Waals surface area (Å²) in [7, 11) is 1.41. The summed E-state index contributed by atoms with van der Waals surface area (Å²) < 4.78 is 5.75. The largest absolute Gasteiger partial charge is 0.469 e. The molecule has 1 N–H and O–H groups in total. The zero-order chi connectivity index (χ0) is 12.8. The Morgan fingerprint density at radius 2 is 1.94 bits per heavy atom. The van der Waals surface area contributed by atoms with Crippen LogP contribution in [0.15, 0.2) is 28.7 Å². The van der Waals surface area contributed by atoms with Crippen LogP contribution in [0.25, 0.3) is 0 Å². The summed E-state index contributed by atoms with van der Waals surface area (Å²) in [5.41, 5.74) is 1.20. The second kappa shape index (κ2) is 6.77. The average molecular weight is 300 g/mol. The van der Waals surface area contributed by atoms with E-state index in [1.165, 1.54) is 12.7 Å². The molecule has 3 nitrogen and oxygen atoms in total. The molecule has 0 aliphatic rings. The predicted octanol–water partition coefficient (Wildman–Crippen LogP) is 2.91. The summed E-state index contributed by atoms with van der Waals surface area (Å²) in [5.74, 6) is -0.307. The van der Waals surface area contributed by atoms with Crippen molar-refractivity contribution in [2.45, 2.75) is 19.9 Å². The molecule has 0 aromatic heterocycles. The second-order valence-electron chi connectivity index (χ2n) is 4.11. The van der Waals surface area contributed by atoms with Crippen LogP contribution in [0.2, 0.25) is 0 Å². The highest BCUT2D eigenvalue weighted by Gasteiger charge is 2.14. The number of nitrogens with one attached hydrogen (secondary N) is 1. The first-order valence-corrected chi connectivity index (χ1v) is 6.40. The van der Waals surface area contributed by atoms with Crippen LogP contribution in [0.3, 0.4) is 0 Å². The molecule has 1 unspecified atom stereocenters. The van der Waals surface area contributed by atoms with Gasteiger partial charge in [0.1, 0.15) is 0 Å².